The number of hydrogen-bond donors (Lipinski definition) is 3. The summed E-state index contributed by atoms with van der Waals surface area (Å²) in [7, 11) is 0. The van der Waals surface area contributed by atoms with Crippen LogP contribution in [0.1, 0.15) is 93.3 Å². The largest absolute Gasteiger partial charge is 0.508 e. The van der Waals surface area contributed by atoms with Crippen molar-refractivity contribution in [2.45, 2.75) is 79.1 Å². The van der Waals surface area contributed by atoms with E-state index >= 15 is 0 Å². The van der Waals surface area contributed by atoms with E-state index in [1.165, 1.54) is 0 Å². The van der Waals surface area contributed by atoms with Gasteiger partial charge in [-0.15, -0.1) is 0 Å². The second-order valence-electron chi connectivity index (χ2n) is 11.5. The first-order chi connectivity index (χ1) is 16.1. The predicted octanol–water partition coefficient (Wildman–Crippen LogP) is 7.59. The summed E-state index contributed by atoms with van der Waals surface area (Å²) < 4.78 is 5.72. The van der Waals surface area contributed by atoms with Crippen LogP contribution in [0.25, 0.3) is 0 Å². The lowest BCUT2D eigenvalue weighted by atomic mass is 9.75. The quantitative estimate of drug-likeness (QED) is 0.332. The zero-order valence-electron chi connectivity index (χ0n) is 22.6. The van der Waals surface area contributed by atoms with E-state index in [9.17, 15) is 15.3 Å². The molecule has 0 bridgehead atoms. The van der Waals surface area contributed by atoms with Crippen molar-refractivity contribution >= 4 is 0 Å². The van der Waals surface area contributed by atoms with Gasteiger partial charge in [-0.05, 0) is 94.8 Å². The molecule has 0 unspecified atom stereocenters. The van der Waals surface area contributed by atoms with Gasteiger partial charge in [0.2, 0.25) is 0 Å². The van der Waals surface area contributed by atoms with Crippen LogP contribution in [0.15, 0.2) is 42.5 Å². The van der Waals surface area contributed by atoms with E-state index in [0.29, 0.717) is 12.4 Å². The van der Waals surface area contributed by atoms with Crippen molar-refractivity contribution in [3.63, 3.8) is 0 Å². The summed E-state index contributed by atoms with van der Waals surface area (Å²) in [6.45, 7) is 18.9. The molecule has 35 heavy (non-hydrogen) atoms. The van der Waals surface area contributed by atoms with Crippen molar-refractivity contribution in [2.75, 3.05) is 6.61 Å². The van der Waals surface area contributed by atoms with E-state index in [4.69, 9.17) is 4.74 Å². The number of phenols is 3. The number of aryl methyl sites for hydroxylation is 2. The highest BCUT2D eigenvalue weighted by Crippen LogP contribution is 2.44. The van der Waals surface area contributed by atoms with Gasteiger partial charge < -0.3 is 20.1 Å². The zero-order chi connectivity index (χ0) is 26.3. The fourth-order valence-electron chi connectivity index (χ4n) is 4.75. The highest BCUT2D eigenvalue weighted by molar-refractivity contribution is 5.58. The summed E-state index contributed by atoms with van der Waals surface area (Å²) in [6.07, 6.45) is 0. The Labute approximate surface area is 210 Å². The highest BCUT2D eigenvalue weighted by atomic mass is 16.5. The Kier molecular flexibility index (Phi) is 7.17. The van der Waals surface area contributed by atoms with Crippen LogP contribution < -0.4 is 4.74 Å². The lowest BCUT2D eigenvalue weighted by Crippen LogP contribution is -2.16. The molecule has 4 heteroatoms. The van der Waals surface area contributed by atoms with Gasteiger partial charge in [-0.25, -0.2) is 0 Å². The van der Waals surface area contributed by atoms with Gasteiger partial charge in [0.15, 0.2) is 11.5 Å². The van der Waals surface area contributed by atoms with Crippen molar-refractivity contribution in [2.24, 2.45) is 0 Å². The van der Waals surface area contributed by atoms with E-state index < -0.39 is 0 Å². The van der Waals surface area contributed by atoms with Crippen molar-refractivity contribution in [1.29, 1.82) is 0 Å². The van der Waals surface area contributed by atoms with Gasteiger partial charge in [0.1, 0.15) is 11.5 Å². The summed E-state index contributed by atoms with van der Waals surface area (Å²) >= 11 is 0. The van der Waals surface area contributed by atoms with Gasteiger partial charge in [0, 0.05) is 5.92 Å². The molecule has 3 aromatic carbocycles. The van der Waals surface area contributed by atoms with E-state index in [0.717, 1.165) is 38.9 Å². The summed E-state index contributed by atoms with van der Waals surface area (Å²) in [5.41, 5.74) is 6.29. The fraction of sp³-hybridized carbons (Fsp3) is 0.419. The first-order valence-corrected chi connectivity index (χ1v) is 12.3. The maximum absolute atomic E-state index is 10.8. The van der Waals surface area contributed by atoms with Gasteiger partial charge in [0.25, 0.3) is 0 Å². The Morgan fingerprint density at radius 2 is 1.14 bits per heavy atom. The second-order valence-corrected chi connectivity index (χ2v) is 11.5. The summed E-state index contributed by atoms with van der Waals surface area (Å²) in [6, 6.07) is 13.4. The third-order valence-electron chi connectivity index (χ3n) is 6.62. The molecule has 0 aromatic heterocycles. The number of aromatic hydroxyl groups is 3. The Bertz CT molecular complexity index is 1160. The Hall–Kier alpha value is -3.14. The maximum atomic E-state index is 10.8. The zero-order valence-corrected chi connectivity index (χ0v) is 22.6. The van der Waals surface area contributed by atoms with Gasteiger partial charge in [-0.2, -0.15) is 0 Å². The molecule has 4 nitrogen and oxygen atoms in total. The van der Waals surface area contributed by atoms with Crippen LogP contribution in [0, 0.1) is 13.8 Å². The SMILES string of the molecule is CCOc1cc(C(c2cc(C(C)(C)C)c(O)cc2C)c2cc(C(C)(C)C)c(O)cc2C)ccc1O. The van der Waals surface area contributed by atoms with Crippen LogP contribution in [0.2, 0.25) is 0 Å². The molecule has 0 spiro atoms. The van der Waals surface area contributed by atoms with E-state index in [-0.39, 0.29) is 34.0 Å². The standard InChI is InChI=1S/C31H40O4/c1-10-35-28-15-20(11-12-25(28)32)29(21-16-23(30(4,5)6)26(33)13-18(21)2)22-17-24(31(7,8)9)27(34)14-19(22)3/h11-17,29,32-34H,10H2,1-9H3. The number of rotatable bonds is 5. The average molecular weight is 477 g/mol. The molecule has 3 aromatic rings. The number of hydrogen-bond acceptors (Lipinski definition) is 4. The van der Waals surface area contributed by atoms with Gasteiger partial charge in [-0.1, -0.05) is 59.7 Å². The number of benzene rings is 3. The molecule has 3 rings (SSSR count). The third-order valence-corrected chi connectivity index (χ3v) is 6.62. The maximum Gasteiger partial charge on any atom is 0.161 e. The molecule has 0 atom stereocenters. The minimum atomic E-state index is -0.247. The molecule has 0 aliphatic rings. The third kappa shape index (κ3) is 5.42. The second kappa shape index (κ2) is 9.49. The lowest BCUT2D eigenvalue weighted by Gasteiger charge is -2.29. The summed E-state index contributed by atoms with van der Waals surface area (Å²) in [5.74, 6) is 0.921. The molecule has 188 valence electrons. The lowest BCUT2D eigenvalue weighted by molar-refractivity contribution is 0.317. The van der Waals surface area contributed by atoms with E-state index in [1.54, 1.807) is 6.07 Å². The van der Waals surface area contributed by atoms with E-state index in [1.807, 2.05) is 45.0 Å². The van der Waals surface area contributed by atoms with Crippen molar-refractivity contribution < 1.29 is 20.1 Å². The monoisotopic (exact) mass is 476 g/mol. The molecule has 0 heterocycles. The number of ether oxygens (including phenoxy) is 1. The first kappa shape index (κ1) is 26.5. The topological polar surface area (TPSA) is 69.9 Å². The van der Waals surface area contributed by atoms with Gasteiger partial charge in [0.05, 0.1) is 6.61 Å². The van der Waals surface area contributed by atoms with Crippen molar-refractivity contribution in [1.82, 2.24) is 0 Å². The molecule has 0 aliphatic carbocycles. The molecule has 0 saturated heterocycles. The molecule has 0 fully saturated rings. The molecular weight excluding hydrogens is 436 g/mol. The Morgan fingerprint density at radius 1 is 0.686 bits per heavy atom. The van der Waals surface area contributed by atoms with Crippen LogP contribution in [-0.4, -0.2) is 21.9 Å². The molecule has 0 radical (unpaired) electrons. The molecule has 0 amide bonds. The van der Waals surface area contributed by atoms with Crippen LogP contribution in [0.4, 0.5) is 0 Å². The Balaban J connectivity index is 2.41. The minimum Gasteiger partial charge on any atom is -0.508 e. The minimum absolute atomic E-state index is 0.102. The van der Waals surface area contributed by atoms with Crippen LogP contribution >= 0.6 is 0 Å². The molecular formula is C31H40O4. The highest BCUT2D eigenvalue weighted by Gasteiger charge is 2.28. The summed E-state index contributed by atoms with van der Waals surface area (Å²) in [5, 5.41) is 31.9. The van der Waals surface area contributed by atoms with Crippen LogP contribution in [0.3, 0.4) is 0 Å². The normalized spacial score (nSPS) is 12.3. The van der Waals surface area contributed by atoms with Crippen molar-refractivity contribution in [3.05, 3.63) is 81.4 Å². The first-order valence-electron chi connectivity index (χ1n) is 12.3. The Morgan fingerprint density at radius 3 is 1.54 bits per heavy atom. The van der Waals surface area contributed by atoms with Gasteiger partial charge in [-0.3, -0.25) is 0 Å². The average Bonchev–Trinajstić information content (AvgIpc) is 2.71. The predicted molar refractivity (Wildman–Crippen MR) is 143 cm³/mol. The molecule has 0 saturated carbocycles. The van der Waals surface area contributed by atoms with Crippen LogP contribution in [-0.2, 0) is 10.8 Å². The van der Waals surface area contributed by atoms with Crippen molar-refractivity contribution in [3.8, 4) is 23.0 Å². The summed E-state index contributed by atoms with van der Waals surface area (Å²) in [4.78, 5) is 0. The fourth-order valence-corrected chi connectivity index (χ4v) is 4.75. The number of phenolic OH excluding ortho intramolecular Hbond substituents is 3. The van der Waals surface area contributed by atoms with Gasteiger partial charge >= 0.3 is 0 Å². The molecule has 3 N–H and O–H groups in total. The van der Waals surface area contributed by atoms with E-state index in [2.05, 4.69) is 53.7 Å². The smallest absolute Gasteiger partial charge is 0.161 e. The molecule has 0 aliphatic heterocycles. The van der Waals surface area contributed by atoms with Crippen LogP contribution in [0.5, 0.6) is 23.0 Å².